The van der Waals surface area contributed by atoms with Crippen molar-refractivity contribution >= 4 is 34.6 Å². The molecule has 2 aliphatic rings. The van der Waals surface area contributed by atoms with Crippen LogP contribution in [-0.2, 0) is 0 Å². The van der Waals surface area contributed by atoms with E-state index in [4.69, 9.17) is 33.6 Å². The minimum atomic E-state index is -0.580. The minimum Gasteiger partial charge on any atom is -0.410 e. The molecule has 2 aliphatic carbocycles. The van der Waals surface area contributed by atoms with Crippen LogP contribution in [0.4, 0.5) is 0 Å². The van der Waals surface area contributed by atoms with Gasteiger partial charge in [-0.15, -0.1) is 0 Å². The van der Waals surface area contributed by atoms with Gasteiger partial charge in [0.15, 0.2) is 0 Å². The minimum absolute atomic E-state index is 0.450. The van der Waals surface area contributed by atoms with E-state index in [0.717, 1.165) is 0 Å². The fourth-order valence-corrected chi connectivity index (χ4v) is 2.81. The second-order valence-corrected chi connectivity index (χ2v) is 6.33. The summed E-state index contributed by atoms with van der Waals surface area (Å²) in [6, 6.07) is 0. The second-order valence-electron chi connectivity index (χ2n) is 5.58. The van der Waals surface area contributed by atoms with E-state index in [1.54, 1.807) is 24.3 Å². The maximum absolute atomic E-state index is 8.77. The van der Waals surface area contributed by atoms with Crippen molar-refractivity contribution in [2.24, 2.45) is 21.1 Å². The van der Waals surface area contributed by atoms with Crippen LogP contribution in [0.1, 0.15) is 13.8 Å². The Bertz CT molecular complexity index is 592. The summed E-state index contributed by atoms with van der Waals surface area (Å²) in [7, 11) is 0. The van der Waals surface area contributed by atoms with Gasteiger partial charge in [0.25, 0.3) is 0 Å². The highest BCUT2D eigenvalue weighted by atomic mass is 35.5. The van der Waals surface area contributed by atoms with E-state index in [0.29, 0.717) is 21.5 Å². The Balaban J connectivity index is 2.39. The smallest absolute Gasteiger partial charge is 0.102 e. The second kappa shape index (κ2) is 6.15. The van der Waals surface area contributed by atoms with Crippen LogP contribution in [0.15, 0.2) is 69.0 Å². The van der Waals surface area contributed by atoms with Crippen LogP contribution >= 0.6 is 23.2 Å². The molecule has 116 valence electrons. The summed E-state index contributed by atoms with van der Waals surface area (Å²) in [5.74, 6) is 0. The number of rotatable bonds is 2. The predicted octanol–water partition coefficient (Wildman–Crippen LogP) is 4.60. The number of allylic oxidation sites excluding steroid dienone is 10. The molecular formula is C16H16Cl2N2O2. The van der Waals surface area contributed by atoms with Crippen molar-refractivity contribution in [3.8, 4) is 0 Å². The highest BCUT2D eigenvalue weighted by Crippen LogP contribution is 2.46. The normalized spacial score (nSPS) is 31.3. The average molecular weight is 339 g/mol. The van der Waals surface area contributed by atoms with Crippen molar-refractivity contribution in [3.63, 3.8) is 0 Å². The van der Waals surface area contributed by atoms with E-state index >= 15 is 0 Å². The molecule has 22 heavy (non-hydrogen) atoms. The summed E-state index contributed by atoms with van der Waals surface area (Å²) in [5, 5.41) is 24.7. The number of halogens is 2. The Morgan fingerprint density at radius 1 is 0.773 bits per heavy atom. The Morgan fingerprint density at radius 3 is 1.27 bits per heavy atom. The Labute approximate surface area is 139 Å². The van der Waals surface area contributed by atoms with Crippen LogP contribution < -0.4 is 0 Å². The van der Waals surface area contributed by atoms with Gasteiger partial charge in [-0.1, -0.05) is 57.8 Å². The highest BCUT2D eigenvalue weighted by Gasteiger charge is 2.33. The van der Waals surface area contributed by atoms with Crippen LogP contribution in [0.25, 0.3) is 0 Å². The molecule has 0 aromatic rings. The molecule has 0 saturated heterocycles. The first-order valence-corrected chi connectivity index (χ1v) is 7.37. The molecular weight excluding hydrogens is 323 g/mol. The molecule has 2 rings (SSSR count). The van der Waals surface area contributed by atoms with E-state index in [1.165, 1.54) is 0 Å². The molecule has 0 amide bonds. The summed E-state index contributed by atoms with van der Waals surface area (Å²) < 4.78 is 0. The van der Waals surface area contributed by atoms with Crippen molar-refractivity contribution < 1.29 is 10.4 Å². The maximum Gasteiger partial charge on any atom is 0.102 e. The third kappa shape index (κ3) is 3.03. The average Bonchev–Trinajstić information content (AvgIpc) is 2.55. The van der Waals surface area contributed by atoms with Crippen molar-refractivity contribution in [2.75, 3.05) is 0 Å². The van der Waals surface area contributed by atoms with Crippen LogP contribution in [-0.4, -0.2) is 21.8 Å². The van der Waals surface area contributed by atoms with E-state index in [-0.39, 0.29) is 0 Å². The Kier molecular flexibility index (Phi) is 4.63. The zero-order valence-electron chi connectivity index (χ0n) is 12.2. The molecule has 0 radical (unpaired) electrons. The van der Waals surface area contributed by atoms with E-state index in [9.17, 15) is 0 Å². The third-order valence-electron chi connectivity index (χ3n) is 3.77. The van der Waals surface area contributed by atoms with Crippen LogP contribution in [0.5, 0.6) is 0 Å². The first kappa shape index (κ1) is 16.6. The summed E-state index contributed by atoms with van der Waals surface area (Å²) in [6.45, 7) is 3.83. The molecule has 4 nitrogen and oxygen atoms in total. The molecule has 0 fully saturated rings. The fourth-order valence-electron chi connectivity index (χ4n) is 2.16. The number of hydrogen-bond acceptors (Lipinski definition) is 4. The Hall–Kier alpha value is -1.78. The third-order valence-corrected chi connectivity index (χ3v) is 5.06. The van der Waals surface area contributed by atoms with Crippen LogP contribution in [0.2, 0.25) is 0 Å². The van der Waals surface area contributed by atoms with Crippen molar-refractivity contribution in [3.05, 3.63) is 58.7 Å². The van der Waals surface area contributed by atoms with Crippen molar-refractivity contribution in [2.45, 2.75) is 13.8 Å². The van der Waals surface area contributed by atoms with Crippen molar-refractivity contribution in [1.29, 1.82) is 0 Å². The quantitative estimate of drug-likeness (QED) is 0.570. The first-order valence-electron chi connectivity index (χ1n) is 6.62. The first-order chi connectivity index (χ1) is 10.3. The fraction of sp³-hybridized carbons (Fsp3) is 0.250. The van der Waals surface area contributed by atoms with Gasteiger partial charge in [0.05, 0.1) is 0 Å². The highest BCUT2D eigenvalue weighted by molar-refractivity contribution is 6.40. The molecule has 0 aromatic carbocycles. The largest absolute Gasteiger partial charge is 0.410 e. The number of hydrogen-bond donors (Lipinski definition) is 2. The van der Waals surface area contributed by atoms with E-state index < -0.39 is 10.8 Å². The molecule has 2 N–H and O–H groups in total. The van der Waals surface area contributed by atoms with Gasteiger partial charge >= 0.3 is 0 Å². The van der Waals surface area contributed by atoms with Gasteiger partial charge < -0.3 is 10.4 Å². The van der Waals surface area contributed by atoms with Gasteiger partial charge in [-0.25, -0.2) is 0 Å². The van der Waals surface area contributed by atoms with Crippen LogP contribution in [0, 0.1) is 10.8 Å². The summed E-state index contributed by atoms with van der Waals surface area (Å²) in [5.41, 5.74) is -0.262. The lowest BCUT2D eigenvalue weighted by Crippen LogP contribution is -2.21. The molecule has 0 unspecified atom stereocenters. The SMILES string of the molecule is CC1(C(Cl)=C(Cl)C2(C)C=CC(=NO)C=C2)C=CC(=NO)C=C1. The molecule has 6 heteroatoms. The van der Waals surface area contributed by atoms with Gasteiger partial charge in [0.2, 0.25) is 0 Å². The number of nitrogens with zero attached hydrogens (tertiary/aromatic N) is 2. The lowest BCUT2D eigenvalue weighted by Gasteiger charge is -2.31. The van der Waals surface area contributed by atoms with Gasteiger partial charge in [0, 0.05) is 20.9 Å². The lowest BCUT2D eigenvalue weighted by atomic mass is 9.79. The monoisotopic (exact) mass is 338 g/mol. The maximum atomic E-state index is 8.77. The molecule has 0 aromatic heterocycles. The molecule has 0 saturated carbocycles. The van der Waals surface area contributed by atoms with Crippen molar-refractivity contribution in [1.82, 2.24) is 0 Å². The molecule has 0 heterocycles. The zero-order chi connectivity index (χ0) is 16.4. The summed E-state index contributed by atoms with van der Waals surface area (Å²) in [4.78, 5) is 0. The summed E-state index contributed by atoms with van der Waals surface area (Å²) >= 11 is 13.1. The molecule has 0 aliphatic heterocycles. The number of oxime groups is 2. The predicted molar refractivity (Wildman–Crippen MR) is 89.9 cm³/mol. The van der Waals surface area contributed by atoms with Gasteiger partial charge in [-0.3, -0.25) is 0 Å². The zero-order valence-corrected chi connectivity index (χ0v) is 13.7. The topological polar surface area (TPSA) is 65.2 Å². The molecule has 0 atom stereocenters. The van der Waals surface area contributed by atoms with E-state index in [2.05, 4.69) is 10.3 Å². The molecule has 0 bridgehead atoms. The summed E-state index contributed by atoms with van der Waals surface area (Å²) in [6.07, 6.45) is 14.0. The molecule has 0 spiro atoms. The van der Waals surface area contributed by atoms with Gasteiger partial charge in [0.1, 0.15) is 11.4 Å². The van der Waals surface area contributed by atoms with E-state index in [1.807, 2.05) is 38.2 Å². The van der Waals surface area contributed by atoms with Gasteiger partial charge in [-0.2, -0.15) is 0 Å². The van der Waals surface area contributed by atoms with Gasteiger partial charge in [-0.05, 0) is 38.2 Å². The van der Waals surface area contributed by atoms with Crippen LogP contribution in [0.3, 0.4) is 0 Å². The Morgan fingerprint density at radius 2 is 1.05 bits per heavy atom. The standard InChI is InChI=1S/C16H16Cl2N2O2/c1-15(7-3-11(19-21)4-8-15)13(17)14(18)16(2)9-5-12(20-22)6-10-16/h3-10,21-22H,1-2H3. The lowest BCUT2D eigenvalue weighted by molar-refractivity contribution is 0.319.